The van der Waals surface area contributed by atoms with Gasteiger partial charge in [-0.15, -0.1) is 0 Å². The Morgan fingerprint density at radius 2 is 1.68 bits per heavy atom. The van der Waals surface area contributed by atoms with Gasteiger partial charge in [0.25, 0.3) is 0 Å². The molecule has 2 aromatic carbocycles. The van der Waals surface area contributed by atoms with Gasteiger partial charge in [-0.3, -0.25) is 0 Å². The van der Waals surface area contributed by atoms with E-state index in [0.29, 0.717) is 11.4 Å². The Bertz CT molecular complexity index is 880. The van der Waals surface area contributed by atoms with Crippen molar-refractivity contribution < 1.29 is 13.5 Å². The Balaban J connectivity index is 2.34. The maximum absolute atomic E-state index is 14.7. The first-order chi connectivity index (χ1) is 11.9. The van der Waals surface area contributed by atoms with E-state index in [9.17, 15) is 8.78 Å². The number of ether oxygens (including phenoxy) is 1. The van der Waals surface area contributed by atoms with Crippen molar-refractivity contribution in [2.45, 2.75) is 0 Å². The van der Waals surface area contributed by atoms with Crippen LogP contribution in [0.4, 0.5) is 8.78 Å². The number of methoxy groups -OCH3 is 1. The lowest BCUT2D eigenvalue weighted by atomic mass is 9.94. The van der Waals surface area contributed by atoms with Crippen molar-refractivity contribution in [3.8, 4) is 5.75 Å². The second-order valence-corrected chi connectivity index (χ2v) is 6.75. The van der Waals surface area contributed by atoms with Gasteiger partial charge in [-0.1, -0.05) is 36.9 Å². The minimum Gasteiger partial charge on any atom is -0.497 e. The van der Waals surface area contributed by atoms with E-state index in [0.717, 1.165) is 14.7 Å². The highest BCUT2D eigenvalue weighted by molar-refractivity contribution is 14.1. The normalized spacial score (nSPS) is 14.7. The molecule has 1 aliphatic heterocycles. The van der Waals surface area contributed by atoms with Crippen LogP contribution in [-0.4, -0.2) is 19.1 Å². The zero-order chi connectivity index (χ0) is 18.1. The zero-order valence-corrected chi connectivity index (χ0v) is 16.0. The molecule has 5 heteroatoms. The number of rotatable bonds is 3. The van der Waals surface area contributed by atoms with Gasteiger partial charge in [0.05, 0.1) is 18.4 Å². The fourth-order valence-corrected chi connectivity index (χ4v) is 3.46. The van der Waals surface area contributed by atoms with Crippen molar-refractivity contribution in [1.29, 1.82) is 0 Å². The predicted molar refractivity (Wildman–Crippen MR) is 105 cm³/mol. The van der Waals surface area contributed by atoms with Crippen molar-refractivity contribution in [2.24, 2.45) is 0 Å². The Labute approximate surface area is 159 Å². The first kappa shape index (κ1) is 17.7. The van der Waals surface area contributed by atoms with Gasteiger partial charge in [0.15, 0.2) is 0 Å². The average Bonchev–Trinajstić information content (AvgIpc) is 2.61. The number of nitrogens with zero attached hydrogens (tertiary/aromatic N) is 1. The summed E-state index contributed by atoms with van der Waals surface area (Å²) in [5.41, 5.74) is 2.64. The van der Waals surface area contributed by atoms with Gasteiger partial charge in [-0.25, -0.2) is 8.78 Å². The molecule has 2 aromatic rings. The zero-order valence-electron chi connectivity index (χ0n) is 13.8. The molecule has 1 heterocycles. The summed E-state index contributed by atoms with van der Waals surface area (Å²) < 4.78 is 35.3. The molecule has 0 saturated carbocycles. The van der Waals surface area contributed by atoms with Gasteiger partial charge in [0.2, 0.25) is 0 Å². The molecule has 128 valence electrons. The average molecular weight is 451 g/mol. The molecule has 1 aliphatic rings. The van der Waals surface area contributed by atoms with Gasteiger partial charge in [-0.2, -0.15) is 0 Å². The summed E-state index contributed by atoms with van der Waals surface area (Å²) in [6.45, 7) is 4.02. The SMILES string of the molecule is C=C1C(I)=CC(c2ccccc2)=C(c2c(F)cc(OC)cc2F)N1C. The monoisotopic (exact) mass is 451 g/mol. The topological polar surface area (TPSA) is 12.5 Å². The minimum absolute atomic E-state index is 0.0940. The summed E-state index contributed by atoms with van der Waals surface area (Å²) in [7, 11) is 3.14. The molecular formula is C20H16F2INO. The lowest BCUT2D eigenvalue weighted by Crippen LogP contribution is -2.21. The molecule has 0 N–H and O–H groups in total. The van der Waals surface area contributed by atoms with Crippen molar-refractivity contribution in [2.75, 3.05) is 14.2 Å². The molecule has 0 fully saturated rings. The smallest absolute Gasteiger partial charge is 0.139 e. The second-order valence-electron chi connectivity index (χ2n) is 5.59. The molecule has 0 spiro atoms. The third-order valence-corrected chi connectivity index (χ3v) is 5.05. The van der Waals surface area contributed by atoms with Crippen LogP contribution in [0.2, 0.25) is 0 Å². The van der Waals surface area contributed by atoms with E-state index in [1.54, 1.807) is 11.9 Å². The molecule has 0 saturated heterocycles. The molecule has 3 rings (SSSR count). The van der Waals surface area contributed by atoms with Crippen molar-refractivity contribution >= 4 is 33.9 Å². The summed E-state index contributed by atoms with van der Waals surface area (Å²) in [6.07, 6.45) is 1.90. The highest BCUT2D eigenvalue weighted by Crippen LogP contribution is 2.42. The standard InChI is InChI=1S/C20H16F2INO/c1-12-18(23)11-15(13-7-5-4-6-8-13)20(24(12)2)19-16(21)9-14(25-3)10-17(19)22/h4-11H,1H2,2-3H3. The molecule has 0 unspecified atom stereocenters. The number of benzene rings is 2. The molecule has 0 radical (unpaired) electrons. The van der Waals surface area contributed by atoms with Crippen LogP contribution in [0.3, 0.4) is 0 Å². The predicted octanol–water partition coefficient (Wildman–Crippen LogP) is 5.62. The fourth-order valence-electron chi connectivity index (χ4n) is 2.79. The van der Waals surface area contributed by atoms with E-state index in [1.807, 2.05) is 36.4 Å². The van der Waals surface area contributed by atoms with Gasteiger partial charge in [0.1, 0.15) is 17.4 Å². The summed E-state index contributed by atoms with van der Waals surface area (Å²) in [4.78, 5) is 1.72. The summed E-state index contributed by atoms with van der Waals surface area (Å²) >= 11 is 2.18. The summed E-state index contributed by atoms with van der Waals surface area (Å²) in [5.74, 6) is -1.21. The fraction of sp³-hybridized carbons (Fsp3) is 0.100. The molecule has 2 nitrogen and oxygen atoms in total. The first-order valence-corrected chi connectivity index (χ1v) is 8.65. The van der Waals surface area contributed by atoms with Crippen LogP contribution < -0.4 is 4.74 Å². The van der Waals surface area contributed by atoms with Gasteiger partial charge in [0, 0.05) is 34.0 Å². The maximum Gasteiger partial charge on any atom is 0.139 e. The van der Waals surface area contributed by atoms with Crippen LogP contribution in [0, 0.1) is 11.6 Å². The minimum atomic E-state index is -0.676. The van der Waals surface area contributed by atoms with Gasteiger partial charge in [-0.05, 0) is 34.2 Å². The molecular weight excluding hydrogens is 435 g/mol. The Morgan fingerprint density at radius 1 is 1.08 bits per heavy atom. The van der Waals surface area contributed by atoms with Crippen LogP contribution in [0.5, 0.6) is 5.75 Å². The molecule has 25 heavy (non-hydrogen) atoms. The van der Waals surface area contributed by atoms with Crippen LogP contribution in [0.25, 0.3) is 11.3 Å². The van der Waals surface area contributed by atoms with E-state index < -0.39 is 11.6 Å². The van der Waals surface area contributed by atoms with E-state index in [2.05, 4.69) is 29.2 Å². The van der Waals surface area contributed by atoms with E-state index in [1.165, 1.54) is 19.2 Å². The summed E-state index contributed by atoms with van der Waals surface area (Å²) in [5, 5.41) is 0. The number of hydrogen-bond donors (Lipinski definition) is 0. The third-order valence-electron chi connectivity index (χ3n) is 4.12. The maximum atomic E-state index is 14.7. The van der Waals surface area contributed by atoms with E-state index >= 15 is 0 Å². The van der Waals surface area contributed by atoms with E-state index in [-0.39, 0.29) is 11.3 Å². The van der Waals surface area contributed by atoms with Crippen LogP contribution >= 0.6 is 22.6 Å². The number of allylic oxidation sites excluding steroid dienone is 3. The molecule has 0 atom stereocenters. The Kier molecular flexibility index (Phi) is 4.94. The summed E-state index contributed by atoms with van der Waals surface area (Å²) in [6, 6.07) is 11.9. The number of hydrogen-bond acceptors (Lipinski definition) is 2. The molecule has 0 aromatic heterocycles. The van der Waals surface area contributed by atoms with Crippen molar-refractivity contribution in [1.82, 2.24) is 4.90 Å². The molecule has 0 amide bonds. The Hall–Kier alpha value is -2.15. The van der Waals surface area contributed by atoms with Crippen molar-refractivity contribution in [3.63, 3.8) is 0 Å². The third kappa shape index (κ3) is 3.20. The number of likely N-dealkylation sites (N-methyl/N-ethyl adjacent to an activating group) is 1. The Morgan fingerprint density at radius 3 is 2.24 bits per heavy atom. The molecule has 0 aliphatic carbocycles. The second kappa shape index (κ2) is 7.00. The van der Waals surface area contributed by atoms with Crippen LogP contribution in [0.15, 0.2) is 64.4 Å². The molecule has 0 bridgehead atoms. The lowest BCUT2D eigenvalue weighted by Gasteiger charge is -2.31. The van der Waals surface area contributed by atoms with Gasteiger partial charge >= 0.3 is 0 Å². The highest BCUT2D eigenvalue weighted by atomic mass is 127. The first-order valence-electron chi connectivity index (χ1n) is 7.57. The van der Waals surface area contributed by atoms with E-state index in [4.69, 9.17) is 4.74 Å². The van der Waals surface area contributed by atoms with Crippen LogP contribution in [-0.2, 0) is 0 Å². The van der Waals surface area contributed by atoms with Crippen LogP contribution in [0.1, 0.15) is 11.1 Å². The number of halogens is 3. The van der Waals surface area contributed by atoms with Crippen molar-refractivity contribution in [3.05, 3.63) is 87.2 Å². The quantitative estimate of drug-likeness (QED) is 0.562. The highest BCUT2D eigenvalue weighted by Gasteiger charge is 2.27. The lowest BCUT2D eigenvalue weighted by molar-refractivity contribution is 0.406. The largest absolute Gasteiger partial charge is 0.497 e. The van der Waals surface area contributed by atoms with Gasteiger partial charge < -0.3 is 9.64 Å².